The second kappa shape index (κ2) is 2.07. The van der Waals surface area contributed by atoms with Gasteiger partial charge in [0.25, 0.3) is 0 Å². The van der Waals surface area contributed by atoms with Crippen LogP contribution in [-0.2, 0) is 4.79 Å². The highest BCUT2D eigenvalue weighted by Crippen LogP contribution is 2.31. The largest absolute Gasteiger partial charge is 0.296 e. The van der Waals surface area contributed by atoms with Crippen molar-refractivity contribution in [2.45, 2.75) is 11.3 Å². The minimum atomic E-state index is -0.347. The molecule has 1 N–H and O–H groups in total. The lowest BCUT2D eigenvalue weighted by molar-refractivity contribution is -0.119. The van der Waals surface area contributed by atoms with E-state index >= 15 is 0 Å². The van der Waals surface area contributed by atoms with Crippen LogP contribution in [-0.4, -0.2) is 29.3 Å². The monoisotopic (exact) mass is 156 g/mol. The molecule has 1 saturated heterocycles. The van der Waals surface area contributed by atoms with E-state index in [1.807, 2.05) is 0 Å². The van der Waals surface area contributed by atoms with Crippen molar-refractivity contribution in [2.75, 3.05) is 13.1 Å². The summed E-state index contributed by atoms with van der Waals surface area (Å²) in [4.78, 5) is 14.9. The third kappa shape index (κ3) is 0.722. The van der Waals surface area contributed by atoms with Crippen LogP contribution >= 0.6 is 11.8 Å². The summed E-state index contributed by atoms with van der Waals surface area (Å²) in [7, 11) is 0. The van der Waals surface area contributed by atoms with E-state index in [0.29, 0.717) is 18.7 Å². The summed E-state index contributed by atoms with van der Waals surface area (Å²) in [6, 6.07) is 0. The van der Waals surface area contributed by atoms with E-state index < -0.39 is 0 Å². The van der Waals surface area contributed by atoms with Crippen LogP contribution in [0.5, 0.6) is 0 Å². The van der Waals surface area contributed by atoms with Crippen LogP contribution in [0.2, 0.25) is 0 Å². The Kier molecular flexibility index (Phi) is 1.32. The van der Waals surface area contributed by atoms with Crippen LogP contribution in [0.3, 0.4) is 0 Å². The molecule has 0 aromatic rings. The van der Waals surface area contributed by atoms with Gasteiger partial charge in [0.15, 0.2) is 5.78 Å². The molecule has 2 rings (SSSR count). The first-order valence-electron chi connectivity index (χ1n) is 3.28. The predicted octanol–water partition coefficient (Wildman–Crippen LogP) is 0.0202. The fraction of sp³-hybridized carbons (Fsp3) is 0.667. The first kappa shape index (κ1) is 6.37. The maximum absolute atomic E-state index is 11.2. The number of nitrogens with zero attached hydrogens (tertiary/aromatic N) is 1. The van der Waals surface area contributed by atoms with Crippen LogP contribution < -0.4 is 5.32 Å². The molecule has 54 valence electrons. The number of aliphatic imine (C=N–C) groups is 1. The van der Waals surface area contributed by atoms with Gasteiger partial charge in [-0.15, -0.1) is 0 Å². The van der Waals surface area contributed by atoms with E-state index in [0.717, 1.165) is 6.54 Å². The number of nitrogens with one attached hydrogen (secondary N) is 1. The van der Waals surface area contributed by atoms with Crippen LogP contribution in [0, 0.1) is 0 Å². The van der Waals surface area contributed by atoms with E-state index in [1.54, 1.807) is 5.55 Å². The van der Waals surface area contributed by atoms with Crippen molar-refractivity contribution in [3.05, 3.63) is 0 Å². The Hall–Kier alpha value is -0.350. The van der Waals surface area contributed by atoms with Gasteiger partial charge in [-0.1, -0.05) is 11.8 Å². The second-order valence-corrected chi connectivity index (χ2v) is 3.63. The highest BCUT2D eigenvalue weighted by atomic mass is 32.2. The summed E-state index contributed by atoms with van der Waals surface area (Å²) in [5.74, 6) is 0.301. The summed E-state index contributed by atoms with van der Waals surface area (Å²) in [5.41, 5.74) is 1.76. The molecule has 2 aliphatic heterocycles. The van der Waals surface area contributed by atoms with Crippen LogP contribution in [0.1, 0.15) is 6.42 Å². The van der Waals surface area contributed by atoms with Gasteiger partial charge in [0, 0.05) is 13.0 Å². The molecule has 0 bridgehead atoms. The zero-order valence-corrected chi connectivity index (χ0v) is 6.28. The third-order valence-corrected chi connectivity index (χ3v) is 3.01. The first-order chi connectivity index (χ1) is 4.83. The lowest BCUT2D eigenvalue weighted by Gasteiger charge is -2.17. The molecule has 1 atom stereocenters. The standard InChI is InChI=1S/C6H8N2OS/c9-5-1-2-8-6(5)3-7-4-10-6/h4,8H,1-3H2. The lowest BCUT2D eigenvalue weighted by atomic mass is 10.2. The highest BCUT2D eigenvalue weighted by molar-refractivity contribution is 8.14. The molecule has 0 aromatic carbocycles. The predicted molar refractivity (Wildman–Crippen MR) is 41.3 cm³/mol. The highest BCUT2D eigenvalue weighted by Gasteiger charge is 2.43. The Morgan fingerprint density at radius 1 is 1.80 bits per heavy atom. The van der Waals surface area contributed by atoms with E-state index in [9.17, 15) is 4.79 Å². The average molecular weight is 156 g/mol. The molecular weight excluding hydrogens is 148 g/mol. The smallest absolute Gasteiger partial charge is 0.166 e. The summed E-state index contributed by atoms with van der Waals surface area (Å²) in [6.45, 7) is 1.44. The molecule has 0 saturated carbocycles. The Balaban J connectivity index is 2.22. The van der Waals surface area contributed by atoms with E-state index in [4.69, 9.17) is 0 Å². The number of thioether (sulfide) groups is 1. The first-order valence-corrected chi connectivity index (χ1v) is 4.16. The number of hydrogen-bond donors (Lipinski definition) is 1. The molecule has 1 unspecified atom stereocenters. The number of ketones is 1. The fourth-order valence-corrected chi connectivity index (χ4v) is 2.16. The Morgan fingerprint density at radius 2 is 2.70 bits per heavy atom. The van der Waals surface area contributed by atoms with Crippen molar-refractivity contribution in [2.24, 2.45) is 4.99 Å². The van der Waals surface area contributed by atoms with Gasteiger partial charge in [0.1, 0.15) is 4.87 Å². The van der Waals surface area contributed by atoms with Gasteiger partial charge in [0.05, 0.1) is 12.1 Å². The molecular formula is C6H8N2OS. The minimum Gasteiger partial charge on any atom is -0.296 e. The number of carbonyl (C=O) groups is 1. The number of rotatable bonds is 0. The van der Waals surface area contributed by atoms with Gasteiger partial charge in [-0.2, -0.15) is 0 Å². The molecule has 1 spiro atoms. The van der Waals surface area contributed by atoms with Gasteiger partial charge >= 0.3 is 0 Å². The fourth-order valence-electron chi connectivity index (χ4n) is 1.26. The van der Waals surface area contributed by atoms with Crippen LogP contribution in [0.15, 0.2) is 4.99 Å². The van der Waals surface area contributed by atoms with Crippen molar-refractivity contribution in [3.8, 4) is 0 Å². The van der Waals surface area contributed by atoms with Crippen molar-refractivity contribution >= 4 is 23.1 Å². The van der Waals surface area contributed by atoms with Crippen molar-refractivity contribution in [1.82, 2.24) is 5.32 Å². The van der Waals surface area contributed by atoms with E-state index in [-0.39, 0.29) is 4.87 Å². The molecule has 3 nitrogen and oxygen atoms in total. The summed E-state index contributed by atoms with van der Waals surface area (Å²) in [5, 5.41) is 3.17. The molecule has 0 aliphatic carbocycles. The molecule has 2 aliphatic rings. The number of carbonyl (C=O) groups excluding carboxylic acids is 1. The Labute approximate surface area is 63.3 Å². The van der Waals surface area contributed by atoms with Crippen molar-refractivity contribution in [1.29, 1.82) is 0 Å². The SMILES string of the molecule is O=C1CCNC12CN=CS2. The zero-order valence-electron chi connectivity index (χ0n) is 5.46. The van der Waals surface area contributed by atoms with Crippen LogP contribution in [0.4, 0.5) is 0 Å². The zero-order chi connectivity index (χ0) is 7.03. The van der Waals surface area contributed by atoms with E-state index in [2.05, 4.69) is 10.3 Å². The third-order valence-electron chi connectivity index (χ3n) is 1.86. The summed E-state index contributed by atoms with van der Waals surface area (Å²) >= 11 is 1.51. The van der Waals surface area contributed by atoms with Gasteiger partial charge < -0.3 is 0 Å². The molecule has 10 heavy (non-hydrogen) atoms. The Morgan fingerprint density at radius 3 is 3.20 bits per heavy atom. The normalized spacial score (nSPS) is 38.2. The maximum Gasteiger partial charge on any atom is 0.166 e. The molecule has 1 fully saturated rings. The number of hydrogen-bond acceptors (Lipinski definition) is 4. The second-order valence-electron chi connectivity index (χ2n) is 2.49. The lowest BCUT2D eigenvalue weighted by Crippen LogP contribution is -2.42. The molecule has 4 heteroatoms. The molecule has 0 radical (unpaired) electrons. The molecule has 2 heterocycles. The average Bonchev–Trinajstić information content (AvgIpc) is 2.48. The van der Waals surface area contributed by atoms with E-state index in [1.165, 1.54) is 11.8 Å². The molecule has 0 amide bonds. The quantitative estimate of drug-likeness (QED) is 0.537. The maximum atomic E-state index is 11.2. The van der Waals surface area contributed by atoms with Gasteiger partial charge in [0.2, 0.25) is 0 Å². The van der Waals surface area contributed by atoms with Crippen molar-refractivity contribution in [3.63, 3.8) is 0 Å². The van der Waals surface area contributed by atoms with Gasteiger partial charge in [-0.3, -0.25) is 15.1 Å². The van der Waals surface area contributed by atoms with Gasteiger partial charge in [-0.25, -0.2) is 0 Å². The Bertz CT molecular complexity index is 194. The van der Waals surface area contributed by atoms with Gasteiger partial charge in [-0.05, 0) is 0 Å². The number of Topliss-reactive ketones (excluding diaryl/α,β-unsaturated/α-hetero) is 1. The van der Waals surface area contributed by atoms with Crippen molar-refractivity contribution < 1.29 is 4.79 Å². The summed E-state index contributed by atoms with van der Waals surface area (Å²) < 4.78 is 0. The summed E-state index contributed by atoms with van der Waals surface area (Å²) in [6.07, 6.45) is 0.663. The topological polar surface area (TPSA) is 41.5 Å². The molecule has 0 aromatic heterocycles. The van der Waals surface area contributed by atoms with Crippen LogP contribution in [0.25, 0.3) is 0 Å². The minimum absolute atomic E-state index is 0.301.